The summed E-state index contributed by atoms with van der Waals surface area (Å²) in [6.45, 7) is 0. The molecule has 0 heteroatoms. The summed E-state index contributed by atoms with van der Waals surface area (Å²) < 4.78 is 0. The monoisotopic (exact) mass is 698 g/mol. The maximum Gasteiger partial charge on any atom is 0.0713 e. The van der Waals surface area contributed by atoms with Crippen LogP contribution in [0.2, 0.25) is 0 Å². The minimum absolute atomic E-state index is 0.435. The third-order valence-corrected chi connectivity index (χ3v) is 11.3. The highest BCUT2D eigenvalue weighted by Gasteiger charge is 2.46. The van der Waals surface area contributed by atoms with Gasteiger partial charge in [-0.2, -0.15) is 0 Å². The largest absolute Gasteiger partial charge is 0.0713 e. The SMILES string of the molecule is c1ccc(-c2cccc(-c3cc(-c4ccccc4)cc(-c4cccc(-c5ccc6c(c5)C(c5ccccc5)(c5ccccc5)c5ccccc5-6)c4)c3)c2)cc1. The highest BCUT2D eigenvalue weighted by atomic mass is 14.5. The fraction of sp³-hybridized carbons (Fsp3) is 0.0182. The minimum Gasteiger partial charge on any atom is -0.0622 e. The molecular formula is C55H38. The minimum atomic E-state index is -0.435. The second-order valence-corrected chi connectivity index (χ2v) is 14.5. The van der Waals surface area contributed by atoms with Crippen LogP contribution in [0.1, 0.15) is 22.3 Å². The van der Waals surface area contributed by atoms with Crippen LogP contribution in [0, 0.1) is 0 Å². The topological polar surface area (TPSA) is 0 Å². The average Bonchev–Trinajstić information content (AvgIpc) is 3.58. The first-order valence-corrected chi connectivity index (χ1v) is 19.1. The Morgan fingerprint density at radius 2 is 0.545 bits per heavy atom. The Balaban J connectivity index is 1.12. The van der Waals surface area contributed by atoms with E-state index in [1.54, 1.807) is 0 Å². The Morgan fingerprint density at radius 1 is 0.200 bits per heavy atom. The van der Waals surface area contributed by atoms with E-state index in [0.29, 0.717) is 0 Å². The van der Waals surface area contributed by atoms with Gasteiger partial charge in [0.25, 0.3) is 0 Å². The Morgan fingerprint density at radius 3 is 1.09 bits per heavy atom. The first kappa shape index (κ1) is 32.6. The van der Waals surface area contributed by atoms with Crippen molar-refractivity contribution in [1.29, 1.82) is 0 Å². The molecule has 10 rings (SSSR count). The Kier molecular flexibility index (Phi) is 8.16. The molecule has 0 bridgehead atoms. The molecule has 0 radical (unpaired) electrons. The van der Waals surface area contributed by atoms with Crippen molar-refractivity contribution in [2.45, 2.75) is 5.41 Å². The van der Waals surface area contributed by atoms with Gasteiger partial charge in [0.05, 0.1) is 5.41 Å². The molecule has 258 valence electrons. The van der Waals surface area contributed by atoms with E-state index in [-0.39, 0.29) is 0 Å². The second-order valence-electron chi connectivity index (χ2n) is 14.5. The molecule has 55 heavy (non-hydrogen) atoms. The summed E-state index contributed by atoms with van der Waals surface area (Å²) in [4.78, 5) is 0. The third kappa shape index (κ3) is 5.71. The summed E-state index contributed by atoms with van der Waals surface area (Å²) in [5.41, 5.74) is 19.4. The van der Waals surface area contributed by atoms with E-state index in [1.807, 2.05) is 0 Å². The molecule has 0 aliphatic heterocycles. The summed E-state index contributed by atoms with van der Waals surface area (Å²) in [6, 6.07) is 84.5. The smallest absolute Gasteiger partial charge is 0.0622 e. The van der Waals surface area contributed by atoms with Gasteiger partial charge in [0.1, 0.15) is 0 Å². The van der Waals surface area contributed by atoms with Gasteiger partial charge in [-0.3, -0.25) is 0 Å². The predicted octanol–water partition coefficient (Wildman–Crippen LogP) is 14.4. The number of fused-ring (bicyclic) bond motifs is 3. The Hall–Kier alpha value is -7.02. The molecule has 1 aliphatic rings. The van der Waals surface area contributed by atoms with Crippen LogP contribution in [-0.2, 0) is 5.41 Å². The maximum atomic E-state index is 2.45. The Labute approximate surface area is 323 Å². The first-order chi connectivity index (χ1) is 27.3. The predicted molar refractivity (Wildman–Crippen MR) is 231 cm³/mol. The summed E-state index contributed by atoms with van der Waals surface area (Å²) in [5, 5.41) is 0. The van der Waals surface area contributed by atoms with E-state index < -0.39 is 5.41 Å². The van der Waals surface area contributed by atoms with Gasteiger partial charge in [-0.25, -0.2) is 0 Å². The van der Waals surface area contributed by atoms with Crippen molar-refractivity contribution in [1.82, 2.24) is 0 Å². The standard InChI is InChI=1S/C55H38/c1-5-17-39(18-6-1)41-21-15-23-43(33-41)47-35-46(40-19-7-2-8-20-40)36-48(37-47)44-24-16-22-42(34-44)45-31-32-52-51-29-13-14-30-53(51)55(54(52)38-45,49-25-9-3-10-26-49)50-27-11-4-12-28-50/h1-38H. The lowest BCUT2D eigenvalue weighted by Gasteiger charge is -2.34. The zero-order chi connectivity index (χ0) is 36.6. The lowest BCUT2D eigenvalue weighted by atomic mass is 9.67. The molecule has 0 saturated heterocycles. The van der Waals surface area contributed by atoms with Crippen molar-refractivity contribution in [3.8, 4) is 66.8 Å². The fourth-order valence-corrected chi connectivity index (χ4v) is 8.77. The van der Waals surface area contributed by atoms with Crippen molar-refractivity contribution in [2.24, 2.45) is 0 Å². The molecule has 0 atom stereocenters. The second kappa shape index (κ2) is 13.8. The fourth-order valence-electron chi connectivity index (χ4n) is 8.77. The zero-order valence-corrected chi connectivity index (χ0v) is 30.4. The summed E-state index contributed by atoms with van der Waals surface area (Å²) in [7, 11) is 0. The summed E-state index contributed by atoms with van der Waals surface area (Å²) >= 11 is 0. The van der Waals surface area contributed by atoms with Crippen LogP contribution in [0.3, 0.4) is 0 Å². The van der Waals surface area contributed by atoms with Crippen molar-refractivity contribution < 1.29 is 0 Å². The summed E-state index contributed by atoms with van der Waals surface area (Å²) in [5.74, 6) is 0. The van der Waals surface area contributed by atoms with E-state index in [1.165, 1.54) is 89.0 Å². The van der Waals surface area contributed by atoms with E-state index in [9.17, 15) is 0 Å². The summed E-state index contributed by atoms with van der Waals surface area (Å²) in [6.07, 6.45) is 0. The Bertz CT molecular complexity index is 2740. The molecule has 9 aromatic carbocycles. The molecule has 0 saturated carbocycles. The number of hydrogen-bond donors (Lipinski definition) is 0. The highest BCUT2D eigenvalue weighted by Crippen LogP contribution is 2.56. The van der Waals surface area contributed by atoms with Gasteiger partial charge in [0, 0.05) is 0 Å². The molecule has 1 aliphatic carbocycles. The van der Waals surface area contributed by atoms with Crippen molar-refractivity contribution in [3.05, 3.63) is 253 Å². The van der Waals surface area contributed by atoms with Crippen LogP contribution in [0.4, 0.5) is 0 Å². The van der Waals surface area contributed by atoms with Crippen molar-refractivity contribution >= 4 is 0 Å². The van der Waals surface area contributed by atoms with Gasteiger partial charge in [0.15, 0.2) is 0 Å². The normalized spacial score (nSPS) is 12.5. The van der Waals surface area contributed by atoms with Crippen LogP contribution < -0.4 is 0 Å². The van der Waals surface area contributed by atoms with E-state index >= 15 is 0 Å². The van der Waals surface area contributed by atoms with Gasteiger partial charge in [0.2, 0.25) is 0 Å². The molecule has 0 spiro atoms. The van der Waals surface area contributed by atoms with Gasteiger partial charge < -0.3 is 0 Å². The molecule has 0 unspecified atom stereocenters. The zero-order valence-electron chi connectivity index (χ0n) is 30.4. The number of hydrogen-bond acceptors (Lipinski definition) is 0. The van der Waals surface area contributed by atoms with Crippen LogP contribution in [0.25, 0.3) is 66.8 Å². The molecule has 0 aromatic heterocycles. The maximum absolute atomic E-state index is 2.45. The van der Waals surface area contributed by atoms with Crippen LogP contribution in [0.5, 0.6) is 0 Å². The van der Waals surface area contributed by atoms with Crippen LogP contribution >= 0.6 is 0 Å². The average molecular weight is 699 g/mol. The first-order valence-electron chi connectivity index (χ1n) is 19.1. The van der Waals surface area contributed by atoms with Crippen molar-refractivity contribution in [2.75, 3.05) is 0 Å². The van der Waals surface area contributed by atoms with Gasteiger partial charge in [-0.1, -0.05) is 194 Å². The van der Waals surface area contributed by atoms with Gasteiger partial charge in [-0.15, -0.1) is 0 Å². The van der Waals surface area contributed by atoms with E-state index in [4.69, 9.17) is 0 Å². The third-order valence-electron chi connectivity index (χ3n) is 11.3. The highest BCUT2D eigenvalue weighted by molar-refractivity contribution is 5.89. The van der Waals surface area contributed by atoms with Gasteiger partial charge in [-0.05, 0) is 125 Å². The quantitative estimate of drug-likeness (QED) is 0.155. The van der Waals surface area contributed by atoms with E-state index in [0.717, 1.165) is 0 Å². The number of benzene rings is 9. The van der Waals surface area contributed by atoms with Crippen LogP contribution in [0.15, 0.2) is 231 Å². The molecule has 0 N–H and O–H groups in total. The molecule has 9 aromatic rings. The lowest BCUT2D eigenvalue weighted by molar-refractivity contribution is 0.769. The van der Waals surface area contributed by atoms with Gasteiger partial charge >= 0.3 is 0 Å². The van der Waals surface area contributed by atoms with Crippen LogP contribution in [-0.4, -0.2) is 0 Å². The van der Waals surface area contributed by atoms with E-state index in [2.05, 4.69) is 231 Å². The molecule has 0 amide bonds. The molecular weight excluding hydrogens is 661 g/mol. The molecule has 0 nitrogen and oxygen atoms in total. The molecule has 0 fully saturated rings. The lowest BCUT2D eigenvalue weighted by Crippen LogP contribution is -2.28. The number of rotatable bonds is 7. The molecule has 0 heterocycles. The van der Waals surface area contributed by atoms with Crippen molar-refractivity contribution in [3.63, 3.8) is 0 Å².